The molecule has 6 rings (SSSR count). The first kappa shape index (κ1) is 37.1. The fraction of sp³-hybridized carbons (Fsp3) is 0.333. The molecule has 0 radical (unpaired) electrons. The molecule has 0 atom stereocenters. The highest BCUT2D eigenvalue weighted by atomic mass is 35.5. The van der Waals surface area contributed by atoms with E-state index in [4.69, 9.17) is 21.1 Å². The van der Waals surface area contributed by atoms with Crippen LogP contribution >= 0.6 is 11.6 Å². The molecule has 0 aliphatic carbocycles. The molecule has 13 heteroatoms. The monoisotopic (exact) mass is 690 g/mol. The Morgan fingerprint density at radius 3 is 1.61 bits per heavy atom. The highest BCUT2D eigenvalue weighted by Crippen LogP contribution is 2.33. The molecule has 4 aromatic carbocycles. The van der Waals surface area contributed by atoms with E-state index in [0.29, 0.717) is 16.5 Å². The highest BCUT2D eigenvalue weighted by Gasteiger charge is 2.21. The summed E-state index contributed by atoms with van der Waals surface area (Å²) in [6.07, 6.45) is 0. The number of ether oxygens (including phenoxy) is 2. The Labute approximate surface area is 292 Å². The Kier molecular flexibility index (Phi) is 14.6. The molecule has 0 amide bonds. The van der Waals surface area contributed by atoms with E-state index >= 15 is 0 Å². The number of hydrogen-bond acceptors (Lipinski definition) is 10. The van der Waals surface area contributed by atoms with Crippen molar-refractivity contribution in [1.82, 2.24) is 15.1 Å². The smallest absolute Gasteiger partial charge is 0.273 e. The third-order valence-corrected chi connectivity index (χ3v) is 8.45. The molecule has 49 heavy (non-hydrogen) atoms. The van der Waals surface area contributed by atoms with E-state index in [-0.39, 0.29) is 11.4 Å². The predicted octanol–water partition coefficient (Wildman–Crippen LogP) is 6.27. The molecule has 0 unspecified atom stereocenters. The van der Waals surface area contributed by atoms with Gasteiger partial charge in [0, 0.05) is 77.6 Å². The standard InChI is InChI=1S/C18H21N3O3.C11H16N2.C7H6ClNO3/c1-24-18-13-16(21(22)23)7-8-17(18)20-11-9-19(10-12-20)14-15-5-3-2-4-6-15;1-2-4-11(5-3-1)10-13-8-6-12-7-9-13;1-12-7-4-5(9(10)11)2-3-6(7)8/h2-8,13H,9-12,14H2,1H3;1-5,12H,6-10H2;2-4H,1H3. The van der Waals surface area contributed by atoms with Crippen molar-refractivity contribution in [3.8, 4) is 11.5 Å². The van der Waals surface area contributed by atoms with Crippen LogP contribution < -0.4 is 19.7 Å². The highest BCUT2D eigenvalue weighted by molar-refractivity contribution is 6.32. The Hall–Kier alpha value is -4.75. The molecule has 12 nitrogen and oxygen atoms in total. The van der Waals surface area contributed by atoms with E-state index in [0.717, 1.165) is 58.0 Å². The van der Waals surface area contributed by atoms with E-state index in [1.165, 1.54) is 61.7 Å². The van der Waals surface area contributed by atoms with Crippen LogP contribution in [0.5, 0.6) is 11.5 Å². The van der Waals surface area contributed by atoms with Crippen LogP contribution in [0, 0.1) is 20.2 Å². The van der Waals surface area contributed by atoms with Crippen molar-refractivity contribution in [3.05, 3.63) is 133 Å². The number of piperazine rings is 2. The van der Waals surface area contributed by atoms with Crippen molar-refractivity contribution in [2.45, 2.75) is 13.1 Å². The second-order valence-corrected chi connectivity index (χ2v) is 11.9. The second-order valence-electron chi connectivity index (χ2n) is 11.4. The first-order chi connectivity index (χ1) is 23.8. The molecule has 2 aliphatic rings. The van der Waals surface area contributed by atoms with Crippen LogP contribution in [0.25, 0.3) is 0 Å². The number of non-ortho nitro benzene ring substituents is 2. The second kappa shape index (κ2) is 19.3. The lowest BCUT2D eigenvalue weighted by molar-refractivity contribution is -0.385. The molecule has 0 bridgehead atoms. The largest absolute Gasteiger partial charge is 0.495 e. The van der Waals surface area contributed by atoms with Gasteiger partial charge in [0.05, 0.1) is 46.9 Å². The van der Waals surface area contributed by atoms with Gasteiger partial charge in [-0.05, 0) is 23.3 Å². The Morgan fingerprint density at radius 2 is 1.12 bits per heavy atom. The third kappa shape index (κ3) is 11.7. The van der Waals surface area contributed by atoms with Crippen LogP contribution in [0.1, 0.15) is 11.1 Å². The van der Waals surface area contributed by atoms with Crippen molar-refractivity contribution < 1.29 is 19.3 Å². The molecule has 0 aromatic heterocycles. The lowest BCUT2D eigenvalue weighted by atomic mass is 10.2. The molecular weight excluding hydrogens is 648 g/mol. The van der Waals surface area contributed by atoms with Gasteiger partial charge in [0.2, 0.25) is 0 Å². The number of rotatable bonds is 9. The van der Waals surface area contributed by atoms with Crippen LogP contribution in [0.3, 0.4) is 0 Å². The van der Waals surface area contributed by atoms with E-state index < -0.39 is 9.85 Å². The van der Waals surface area contributed by atoms with Gasteiger partial charge in [-0.3, -0.25) is 30.0 Å². The van der Waals surface area contributed by atoms with Gasteiger partial charge >= 0.3 is 0 Å². The van der Waals surface area contributed by atoms with Crippen molar-refractivity contribution in [2.75, 3.05) is 71.5 Å². The summed E-state index contributed by atoms with van der Waals surface area (Å²) < 4.78 is 10.2. The number of methoxy groups -OCH3 is 2. The van der Waals surface area contributed by atoms with E-state index in [2.05, 4.69) is 74.6 Å². The van der Waals surface area contributed by atoms with Crippen LogP contribution in [-0.2, 0) is 13.1 Å². The molecule has 1 N–H and O–H groups in total. The molecule has 4 aromatic rings. The molecule has 2 fully saturated rings. The van der Waals surface area contributed by atoms with Crippen LogP contribution in [-0.4, -0.2) is 86.2 Å². The van der Waals surface area contributed by atoms with Gasteiger partial charge in [-0.1, -0.05) is 72.3 Å². The first-order valence-corrected chi connectivity index (χ1v) is 16.4. The fourth-order valence-electron chi connectivity index (χ4n) is 5.50. The first-order valence-electron chi connectivity index (χ1n) is 16.1. The summed E-state index contributed by atoms with van der Waals surface area (Å²) in [4.78, 5) is 27.4. The number of hydrogen-bond donors (Lipinski definition) is 1. The summed E-state index contributed by atoms with van der Waals surface area (Å²) in [5.74, 6) is 0.867. The summed E-state index contributed by atoms with van der Waals surface area (Å²) in [5, 5.41) is 24.9. The zero-order chi connectivity index (χ0) is 35.0. The topological polar surface area (TPSA) is 126 Å². The normalized spacial score (nSPS) is 14.8. The van der Waals surface area contributed by atoms with Gasteiger partial charge in [0.1, 0.15) is 11.5 Å². The lowest BCUT2D eigenvalue weighted by Gasteiger charge is -2.36. The van der Waals surface area contributed by atoms with E-state index in [9.17, 15) is 20.2 Å². The number of nitrogens with zero attached hydrogens (tertiary/aromatic N) is 5. The minimum Gasteiger partial charge on any atom is -0.495 e. The SMILES string of the molecule is COc1cc([N+](=O)[O-])ccc1Cl.COc1cc([N+](=O)[O-])ccc1N1CCN(Cc2ccccc2)CC1.c1ccc(CN2CCNCC2)cc1. The van der Waals surface area contributed by atoms with Gasteiger partial charge in [-0.15, -0.1) is 0 Å². The number of benzene rings is 4. The quantitative estimate of drug-likeness (QED) is 0.159. The van der Waals surface area contributed by atoms with Gasteiger partial charge in [-0.25, -0.2) is 0 Å². The minimum atomic E-state index is -0.501. The maximum Gasteiger partial charge on any atom is 0.273 e. The van der Waals surface area contributed by atoms with Crippen molar-refractivity contribution >= 4 is 28.7 Å². The lowest BCUT2D eigenvalue weighted by Crippen LogP contribution is -2.46. The van der Waals surface area contributed by atoms with Crippen LogP contribution in [0.4, 0.5) is 17.1 Å². The zero-order valence-electron chi connectivity index (χ0n) is 27.9. The molecule has 260 valence electrons. The molecule has 2 aliphatic heterocycles. The summed E-state index contributed by atoms with van der Waals surface area (Å²) in [6, 6.07) is 30.0. The average Bonchev–Trinajstić information content (AvgIpc) is 3.13. The van der Waals surface area contributed by atoms with Crippen LogP contribution in [0.2, 0.25) is 5.02 Å². The number of nitrogens with one attached hydrogen (secondary N) is 1. The Bertz CT molecular complexity index is 1620. The van der Waals surface area contributed by atoms with Crippen molar-refractivity contribution in [3.63, 3.8) is 0 Å². The summed E-state index contributed by atoms with van der Waals surface area (Å²) >= 11 is 5.65. The predicted molar refractivity (Wildman–Crippen MR) is 193 cm³/mol. The molecule has 0 spiro atoms. The minimum absolute atomic E-state index is 0.0312. The fourth-order valence-corrected chi connectivity index (χ4v) is 5.70. The van der Waals surface area contributed by atoms with Crippen LogP contribution in [0.15, 0.2) is 97.1 Å². The van der Waals surface area contributed by atoms with Gasteiger partial charge in [0.15, 0.2) is 0 Å². The number of nitro groups is 2. The van der Waals surface area contributed by atoms with Crippen molar-refractivity contribution in [2.24, 2.45) is 0 Å². The summed E-state index contributed by atoms with van der Waals surface area (Å²) in [5.41, 5.74) is 3.68. The van der Waals surface area contributed by atoms with Gasteiger partial charge in [0.25, 0.3) is 11.4 Å². The summed E-state index contributed by atoms with van der Waals surface area (Å²) in [6.45, 7) is 10.3. The third-order valence-electron chi connectivity index (χ3n) is 8.14. The van der Waals surface area contributed by atoms with Crippen molar-refractivity contribution in [1.29, 1.82) is 0 Å². The Balaban J connectivity index is 0.000000182. The molecule has 2 saturated heterocycles. The molecule has 0 saturated carbocycles. The number of anilines is 1. The number of halogens is 1. The Morgan fingerprint density at radius 1 is 0.653 bits per heavy atom. The maximum atomic E-state index is 10.9. The molecule has 2 heterocycles. The summed E-state index contributed by atoms with van der Waals surface area (Å²) in [7, 11) is 2.96. The van der Waals surface area contributed by atoms with Gasteiger partial charge < -0.3 is 19.7 Å². The number of nitro benzene ring substituents is 2. The zero-order valence-corrected chi connectivity index (χ0v) is 28.6. The average molecular weight is 691 g/mol. The molecular formula is C36H43ClN6O6. The van der Waals surface area contributed by atoms with Gasteiger partial charge in [-0.2, -0.15) is 0 Å². The maximum absolute atomic E-state index is 10.9. The van der Waals surface area contributed by atoms with E-state index in [1.807, 2.05) is 6.07 Å². The van der Waals surface area contributed by atoms with E-state index in [1.54, 1.807) is 13.2 Å².